The number of hydrogen-bond acceptors (Lipinski definition) is 6. The average molecular weight is 364 g/mol. The number of carbonyl (C=O) groups is 1. The van der Waals surface area contributed by atoms with Crippen LogP contribution in [-0.4, -0.2) is 30.3 Å². The predicted octanol–water partition coefficient (Wildman–Crippen LogP) is 3.80. The highest BCUT2D eigenvalue weighted by atomic mass is 16.5. The highest BCUT2D eigenvalue weighted by Gasteiger charge is 2.09. The molecule has 0 fully saturated rings. The monoisotopic (exact) mass is 364 g/mol. The molecule has 0 atom stereocenters. The third-order valence-electron chi connectivity index (χ3n) is 3.86. The Hall–Kier alpha value is -3.61. The number of hydrogen-bond donors (Lipinski definition) is 2. The first-order chi connectivity index (χ1) is 13.1. The summed E-state index contributed by atoms with van der Waals surface area (Å²) in [5.74, 6) is 1.98. The van der Waals surface area contributed by atoms with E-state index >= 15 is 0 Å². The number of nitrogens with zero attached hydrogens (tertiary/aromatic N) is 2. The molecule has 1 amide bonds. The van der Waals surface area contributed by atoms with Crippen LogP contribution in [0.2, 0.25) is 0 Å². The summed E-state index contributed by atoms with van der Waals surface area (Å²) in [6.07, 6.45) is 0. The van der Waals surface area contributed by atoms with Crippen molar-refractivity contribution in [2.75, 3.05) is 24.9 Å². The summed E-state index contributed by atoms with van der Waals surface area (Å²) in [6.45, 7) is 1.93. The highest BCUT2D eigenvalue weighted by molar-refractivity contribution is 6.03. The third-order valence-corrected chi connectivity index (χ3v) is 3.86. The molecule has 0 saturated heterocycles. The average Bonchev–Trinajstić information content (AvgIpc) is 2.69. The summed E-state index contributed by atoms with van der Waals surface area (Å²) in [5.41, 5.74) is 2.28. The molecular weight excluding hydrogens is 344 g/mol. The van der Waals surface area contributed by atoms with Crippen LogP contribution in [0.15, 0.2) is 54.6 Å². The van der Waals surface area contributed by atoms with Crippen LogP contribution >= 0.6 is 0 Å². The Morgan fingerprint density at radius 1 is 0.926 bits per heavy atom. The minimum Gasteiger partial charge on any atom is -0.497 e. The topological polar surface area (TPSA) is 85.4 Å². The molecule has 0 bridgehead atoms. The molecule has 3 rings (SSSR count). The zero-order valence-electron chi connectivity index (χ0n) is 15.3. The van der Waals surface area contributed by atoms with Crippen LogP contribution in [0.5, 0.6) is 11.5 Å². The number of anilines is 3. The number of carbonyl (C=O) groups excluding carboxylic acids is 1. The van der Waals surface area contributed by atoms with E-state index in [2.05, 4.69) is 20.8 Å². The van der Waals surface area contributed by atoms with Gasteiger partial charge in [0.15, 0.2) is 11.6 Å². The maximum absolute atomic E-state index is 12.3. The Bertz CT molecular complexity index is 942. The number of benzene rings is 2. The predicted molar refractivity (Wildman–Crippen MR) is 104 cm³/mol. The largest absolute Gasteiger partial charge is 0.497 e. The van der Waals surface area contributed by atoms with E-state index in [0.29, 0.717) is 34.4 Å². The molecular formula is C20H20N4O3. The maximum Gasteiger partial charge on any atom is 0.256 e. The minimum atomic E-state index is -0.233. The van der Waals surface area contributed by atoms with Crippen molar-refractivity contribution < 1.29 is 14.3 Å². The molecule has 2 aromatic carbocycles. The second-order valence-corrected chi connectivity index (χ2v) is 5.82. The second-order valence-electron chi connectivity index (χ2n) is 5.82. The van der Waals surface area contributed by atoms with Gasteiger partial charge >= 0.3 is 0 Å². The van der Waals surface area contributed by atoms with Gasteiger partial charge in [-0.25, -0.2) is 0 Å². The van der Waals surface area contributed by atoms with E-state index in [9.17, 15) is 4.79 Å². The first-order valence-electron chi connectivity index (χ1n) is 8.30. The summed E-state index contributed by atoms with van der Waals surface area (Å²) in [6, 6.07) is 16.1. The number of nitrogens with one attached hydrogen (secondary N) is 2. The van der Waals surface area contributed by atoms with Crippen LogP contribution < -0.4 is 20.1 Å². The molecule has 3 aromatic rings. The Labute approximate surface area is 157 Å². The molecule has 138 valence electrons. The molecule has 1 aromatic heterocycles. The van der Waals surface area contributed by atoms with E-state index in [1.807, 2.05) is 25.1 Å². The molecule has 7 heteroatoms. The Morgan fingerprint density at radius 2 is 1.70 bits per heavy atom. The van der Waals surface area contributed by atoms with Crippen molar-refractivity contribution in [3.05, 3.63) is 65.7 Å². The lowest BCUT2D eigenvalue weighted by Gasteiger charge is -2.12. The first-order valence-corrected chi connectivity index (χ1v) is 8.30. The molecule has 7 nitrogen and oxygen atoms in total. The molecule has 0 aliphatic heterocycles. The van der Waals surface area contributed by atoms with Gasteiger partial charge in [0.25, 0.3) is 5.91 Å². The summed E-state index contributed by atoms with van der Waals surface area (Å²) in [7, 11) is 3.18. The van der Waals surface area contributed by atoms with Crippen LogP contribution in [0.25, 0.3) is 0 Å². The van der Waals surface area contributed by atoms with Gasteiger partial charge in [0.2, 0.25) is 0 Å². The van der Waals surface area contributed by atoms with Gasteiger partial charge in [-0.3, -0.25) is 4.79 Å². The fourth-order valence-corrected chi connectivity index (χ4v) is 2.49. The second kappa shape index (κ2) is 8.18. The van der Waals surface area contributed by atoms with Gasteiger partial charge in [-0.05, 0) is 43.3 Å². The molecule has 0 saturated carbocycles. The number of ether oxygens (including phenoxy) is 2. The molecule has 0 spiro atoms. The van der Waals surface area contributed by atoms with Gasteiger partial charge in [0.05, 0.1) is 19.9 Å². The van der Waals surface area contributed by atoms with Gasteiger partial charge in [0.1, 0.15) is 11.5 Å². The van der Waals surface area contributed by atoms with Gasteiger partial charge in [0, 0.05) is 11.6 Å². The first kappa shape index (κ1) is 18.2. The van der Waals surface area contributed by atoms with Crippen molar-refractivity contribution in [1.82, 2.24) is 10.2 Å². The Kier molecular flexibility index (Phi) is 5.51. The van der Waals surface area contributed by atoms with Crippen molar-refractivity contribution >= 4 is 23.2 Å². The molecule has 0 radical (unpaired) electrons. The van der Waals surface area contributed by atoms with Gasteiger partial charge in [-0.2, -0.15) is 0 Å². The Balaban J connectivity index is 1.71. The van der Waals surface area contributed by atoms with Crippen molar-refractivity contribution in [2.24, 2.45) is 0 Å². The van der Waals surface area contributed by atoms with Crippen molar-refractivity contribution in [2.45, 2.75) is 6.92 Å². The van der Waals surface area contributed by atoms with E-state index in [1.54, 1.807) is 50.6 Å². The number of methoxy groups -OCH3 is 2. The maximum atomic E-state index is 12.3. The van der Waals surface area contributed by atoms with Crippen LogP contribution in [0.4, 0.5) is 17.3 Å². The summed E-state index contributed by atoms with van der Waals surface area (Å²) < 4.78 is 10.6. The summed E-state index contributed by atoms with van der Waals surface area (Å²) in [4.78, 5) is 12.3. The lowest BCUT2D eigenvalue weighted by Crippen LogP contribution is -2.13. The summed E-state index contributed by atoms with van der Waals surface area (Å²) >= 11 is 0. The van der Waals surface area contributed by atoms with E-state index in [4.69, 9.17) is 9.47 Å². The number of amides is 1. The number of aromatic nitrogens is 2. The Morgan fingerprint density at radius 3 is 2.37 bits per heavy atom. The smallest absolute Gasteiger partial charge is 0.256 e. The van der Waals surface area contributed by atoms with E-state index < -0.39 is 0 Å². The zero-order chi connectivity index (χ0) is 19.2. The lowest BCUT2D eigenvalue weighted by molar-refractivity contribution is 0.102. The standard InChI is InChI=1S/C20H20N4O3/c1-13-5-4-6-14(11-13)20(25)22-19-10-9-18(23-24-19)21-16-12-15(26-2)7-8-17(16)27-3/h4-12H,1-3H3,(H,21,23)(H,22,24,25). The molecule has 27 heavy (non-hydrogen) atoms. The highest BCUT2D eigenvalue weighted by Crippen LogP contribution is 2.30. The molecule has 1 heterocycles. The molecule has 0 aliphatic rings. The van der Waals surface area contributed by atoms with Crippen LogP contribution in [-0.2, 0) is 0 Å². The fraction of sp³-hybridized carbons (Fsp3) is 0.150. The third kappa shape index (κ3) is 4.52. The van der Waals surface area contributed by atoms with Crippen molar-refractivity contribution in [3.63, 3.8) is 0 Å². The summed E-state index contributed by atoms with van der Waals surface area (Å²) in [5, 5.41) is 14.0. The van der Waals surface area contributed by atoms with Crippen molar-refractivity contribution in [1.29, 1.82) is 0 Å². The number of rotatable bonds is 6. The van der Waals surface area contributed by atoms with Gasteiger partial charge in [-0.1, -0.05) is 17.7 Å². The van der Waals surface area contributed by atoms with E-state index in [-0.39, 0.29) is 5.91 Å². The van der Waals surface area contributed by atoms with Crippen LogP contribution in [0, 0.1) is 6.92 Å². The van der Waals surface area contributed by atoms with Crippen LogP contribution in [0.3, 0.4) is 0 Å². The minimum absolute atomic E-state index is 0.233. The zero-order valence-corrected chi connectivity index (χ0v) is 15.3. The van der Waals surface area contributed by atoms with Gasteiger partial charge in [-0.15, -0.1) is 10.2 Å². The van der Waals surface area contributed by atoms with Gasteiger partial charge < -0.3 is 20.1 Å². The lowest BCUT2D eigenvalue weighted by atomic mass is 10.1. The number of aryl methyl sites for hydroxylation is 1. The molecule has 0 unspecified atom stereocenters. The van der Waals surface area contributed by atoms with E-state index in [0.717, 1.165) is 5.56 Å². The fourth-order valence-electron chi connectivity index (χ4n) is 2.49. The quantitative estimate of drug-likeness (QED) is 0.692. The molecule has 0 aliphatic carbocycles. The van der Waals surface area contributed by atoms with Crippen molar-refractivity contribution in [3.8, 4) is 11.5 Å². The normalized spacial score (nSPS) is 10.2. The van der Waals surface area contributed by atoms with E-state index in [1.165, 1.54) is 0 Å². The molecule has 2 N–H and O–H groups in total. The van der Waals surface area contributed by atoms with Crippen LogP contribution in [0.1, 0.15) is 15.9 Å². The SMILES string of the molecule is COc1ccc(OC)c(Nc2ccc(NC(=O)c3cccc(C)c3)nn2)c1.